The van der Waals surface area contributed by atoms with Crippen LogP contribution in [0.25, 0.3) is 0 Å². The smallest absolute Gasteiger partial charge is 0.336 e. The molecule has 0 saturated heterocycles. The first kappa shape index (κ1) is 24.2. The molecule has 1 aromatic rings. The van der Waals surface area contributed by atoms with Gasteiger partial charge in [-0.25, -0.2) is 9.59 Å². The highest BCUT2D eigenvalue weighted by Gasteiger charge is 2.22. The van der Waals surface area contributed by atoms with Gasteiger partial charge in [0.05, 0.1) is 11.1 Å². The summed E-state index contributed by atoms with van der Waals surface area (Å²) in [6.45, 7) is 4.38. The Hall–Kier alpha value is -1.84. The van der Waals surface area contributed by atoms with Gasteiger partial charge in [0.25, 0.3) is 0 Å². The lowest BCUT2D eigenvalue weighted by Crippen LogP contribution is -2.14. The van der Waals surface area contributed by atoms with E-state index in [1.54, 1.807) is 0 Å². The number of carbonyl (C=O) groups is 2. The van der Waals surface area contributed by atoms with Crippen molar-refractivity contribution in [1.82, 2.24) is 0 Å². The molecule has 1 aromatic carbocycles. The minimum atomic E-state index is -1.16. The van der Waals surface area contributed by atoms with Gasteiger partial charge in [0, 0.05) is 0 Å². The van der Waals surface area contributed by atoms with Crippen molar-refractivity contribution in [3.05, 3.63) is 34.4 Å². The van der Waals surface area contributed by atoms with E-state index in [-0.39, 0.29) is 11.1 Å². The highest BCUT2D eigenvalue weighted by Crippen LogP contribution is 2.25. The molecule has 0 unspecified atom stereocenters. The summed E-state index contributed by atoms with van der Waals surface area (Å²) in [6.07, 6.45) is 15.4. The molecule has 0 bridgehead atoms. The topological polar surface area (TPSA) is 74.6 Å². The number of unbranched alkanes of at least 4 members (excludes halogenated alkanes) is 10. The standard InChI is InChI=1S/C24H38O4/c1-3-5-7-9-10-12-13-15-19-17-18-21(23(25)26)22(24(27)28)20(19)16-14-11-8-6-4-2/h17-18H,3-16H2,1-2H3,(H,25,26)(H,27,28). The maximum Gasteiger partial charge on any atom is 0.336 e. The van der Waals surface area contributed by atoms with Gasteiger partial charge < -0.3 is 10.2 Å². The van der Waals surface area contributed by atoms with Crippen LogP contribution in [0.5, 0.6) is 0 Å². The van der Waals surface area contributed by atoms with Gasteiger partial charge in [0.15, 0.2) is 0 Å². The van der Waals surface area contributed by atoms with Crippen molar-refractivity contribution in [3.63, 3.8) is 0 Å². The van der Waals surface area contributed by atoms with Crippen LogP contribution in [0.15, 0.2) is 12.1 Å². The van der Waals surface area contributed by atoms with Crippen molar-refractivity contribution in [2.45, 2.75) is 104 Å². The molecule has 0 aromatic heterocycles. The Labute approximate surface area is 170 Å². The van der Waals surface area contributed by atoms with Gasteiger partial charge in [0.1, 0.15) is 0 Å². The molecule has 0 aliphatic heterocycles. The Kier molecular flexibility index (Phi) is 12.3. The molecule has 0 atom stereocenters. The second-order valence-electron chi connectivity index (χ2n) is 7.77. The molecule has 0 amide bonds. The van der Waals surface area contributed by atoms with E-state index in [2.05, 4.69) is 13.8 Å². The van der Waals surface area contributed by atoms with Crippen LogP contribution in [-0.2, 0) is 12.8 Å². The summed E-state index contributed by atoms with van der Waals surface area (Å²) >= 11 is 0. The molecule has 28 heavy (non-hydrogen) atoms. The molecule has 0 radical (unpaired) electrons. The molecule has 4 nitrogen and oxygen atoms in total. The molecular weight excluding hydrogens is 352 g/mol. The fourth-order valence-electron chi connectivity index (χ4n) is 3.81. The number of hydrogen-bond acceptors (Lipinski definition) is 2. The summed E-state index contributed by atoms with van der Waals surface area (Å²) in [5.41, 5.74) is 1.68. The molecule has 0 heterocycles. The third-order valence-corrected chi connectivity index (χ3v) is 5.43. The van der Waals surface area contributed by atoms with Crippen molar-refractivity contribution in [3.8, 4) is 0 Å². The van der Waals surface area contributed by atoms with Crippen molar-refractivity contribution in [2.24, 2.45) is 0 Å². The lowest BCUT2D eigenvalue weighted by Gasteiger charge is -2.15. The average Bonchev–Trinajstić information content (AvgIpc) is 2.66. The van der Waals surface area contributed by atoms with E-state index < -0.39 is 11.9 Å². The van der Waals surface area contributed by atoms with Gasteiger partial charge in [-0.3, -0.25) is 0 Å². The third kappa shape index (κ3) is 8.45. The van der Waals surface area contributed by atoms with Crippen molar-refractivity contribution in [2.75, 3.05) is 0 Å². The van der Waals surface area contributed by atoms with Crippen LogP contribution < -0.4 is 0 Å². The molecule has 0 aliphatic rings. The summed E-state index contributed by atoms with van der Waals surface area (Å²) in [5, 5.41) is 19.1. The van der Waals surface area contributed by atoms with Crippen LogP contribution in [0.1, 0.15) is 123 Å². The lowest BCUT2D eigenvalue weighted by molar-refractivity contribution is 0.0650. The minimum Gasteiger partial charge on any atom is -0.478 e. The number of carboxylic acid groups (broad SMARTS) is 2. The molecule has 0 fully saturated rings. The number of carboxylic acids is 2. The fourth-order valence-corrected chi connectivity index (χ4v) is 3.81. The SMILES string of the molecule is CCCCCCCCCc1ccc(C(=O)O)c(C(=O)O)c1CCCCCCC. The number of hydrogen-bond donors (Lipinski definition) is 2. The summed E-state index contributed by atoms with van der Waals surface area (Å²) < 4.78 is 0. The zero-order chi connectivity index (χ0) is 20.8. The van der Waals surface area contributed by atoms with Crippen LogP contribution in [0, 0.1) is 0 Å². The number of aromatic carboxylic acids is 2. The largest absolute Gasteiger partial charge is 0.478 e. The first-order valence-corrected chi connectivity index (χ1v) is 11.1. The highest BCUT2D eigenvalue weighted by molar-refractivity contribution is 6.03. The van der Waals surface area contributed by atoms with Crippen molar-refractivity contribution >= 4 is 11.9 Å². The summed E-state index contributed by atoms with van der Waals surface area (Å²) in [6, 6.07) is 3.32. The zero-order valence-electron chi connectivity index (χ0n) is 17.8. The first-order valence-electron chi connectivity index (χ1n) is 11.1. The second kappa shape index (κ2) is 14.2. The van der Waals surface area contributed by atoms with Crippen LogP contribution in [0.2, 0.25) is 0 Å². The Balaban J connectivity index is 2.83. The average molecular weight is 391 g/mol. The number of aryl methyl sites for hydroxylation is 1. The van der Waals surface area contributed by atoms with Crippen LogP contribution >= 0.6 is 0 Å². The van der Waals surface area contributed by atoms with Gasteiger partial charge in [-0.1, -0.05) is 84.1 Å². The summed E-state index contributed by atoms with van der Waals surface area (Å²) in [5.74, 6) is -2.28. The van der Waals surface area contributed by atoms with E-state index in [9.17, 15) is 19.8 Å². The van der Waals surface area contributed by atoms with E-state index >= 15 is 0 Å². The second-order valence-corrected chi connectivity index (χ2v) is 7.77. The molecule has 1 rings (SSSR count). The normalized spacial score (nSPS) is 10.9. The van der Waals surface area contributed by atoms with E-state index in [0.717, 1.165) is 49.7 Å². The maximum absolute atomic E-state index is 11.8. The fraction of sp³-hybridized carbons (Fsp3) is 0.667. The van der Waals surface area contributed by atoms with Gasteiger partial charge in [-0.15, -0.1) is 0 Å². The third-order valence-electron chi connectivity index (χ3n) is 5.43. The first-order chi connectivity index (χ1) is 13.5. The van der Waals surface area contributed by atoms with E-state index in [4.69, 9.17) is 0 Å². The maximum atomic E-state index is 11.8. The van der Waals surface area contributed by atoms with E-state index in [0.29, 0.717) is 6.42 Å². The van der Waals surface area contributed by atoms with Gasteiger partial charge in [-0.2, -0.15) is 0 Å². The Bertz CT molecular complexity index is 607. The molecular formula is C24H38O4. The highest BCUT2D eigenvalue weighted by atomic mass is 16.4. The van der Waals surface area contributed by atoms with Crippen LogP contribution in [0.4, 0.5) is 0 Å². The lowest BCUT2D eigenvalue weighted by atomic mass is 9.89. The monoisotopic (exact) mass is 390 g/mol. The van der Waals surface area contributed by atoms with Gasteiger partial charge in [-0.05, 0) is 42.9 Å². The van der Waals surface area contributed by atoms with Crippen molar-refractivity contribution < 1.29 is 19.8 Å². The van der Waals surface area contributed by atoms with Crippen LogP contribution in [0.3, 0.4) is 0 Å². The zero-order valence-corrected chi connectivity index (χ0v) is 17.8. The predicted molar refractivity (Wildman–Crippen MR) is 115 cm³/mol. The minimum absolute atomic E-state index is 0.00318. The molecule has 4 heteroatoms. The Morgan fingerprint density at radius 3 is 1.68 bits per heavy atom. The van der Waals surface area contributed by atoms with E-state index in [1.165, 1.54) is 51.0 Å². The summed E-state index contributed by atoms with van der Waals surface area (Å²) in [7, 11) is 0. The molecule has 158 valence electrons. The van der Waals surface area contributed by atoms with Crippen LogP contribution in [-0.4, -0.2) is 22.2 Å². The Morgan fingerprint density at radius 1 is 0.679 bits per heavy atom. The molecule has 0 spiro atoms. The summed E-state index contributed by atoms with van der Waals surface area (Å²) in [4.78, 5) is 23.4. The molecule has 2 N–H and O–H groups in total. The predicted octanol–water partition coefficient (Wildman–Crippen LogP) is 6.89. The number of rotatable bonds is 16. The Morgan fingerprint density at radius 2 is 1.18 bits per heavy atom. The quantitative estimate of drug-likeness (QED) is 0.301. The molecule has 0 saturated carbocycles. The van der Waals surface area contributed by atoms with Crippen molar-refractivity contribution in [1.29, 1.82) is 0 Å². The van der Waals surface area contributed by atoms with Gasteiger partial charge >= 0.3 is 11.9 Å². The molecule has 0 aliphatic carbocycles. The van der Waals surface area contributed by atoms with E-state index in [1.807, 2.05) is 6.07 Å². The number of benzene rings is 1. The van der Waals surface area contributed by atoms with Gasteiger partial charge in [0.2, 0.25) is 0 Å².